The Hall–Kier alpha value is -4.56. The number of rotatable bonds is 11. The van der Waals surface area contributed by atoms with Crippen molar-refractivity contribution in [1.29, 1.82) is 5.26 Å². The van der Waals surface area contributed by atoms with Crippen LogP contribution >= 0.6 is 15.9 Å². The van der Waals surface area contributed by atoms with Crippen LogP contribution < -0.4 is 29.7 Å². The first kappa shape index (κ1) is 28.0. The van der Waals surface area contributed by atoms with Gasteiger partial charge in [-0.15, -0.1) is 0 Å². The maximum Gasteiger partial charge on any atom is 0.259 e. The highest BCUT2D eigenvalue weighted by atomic mass is 79.9. The van der Waals surface area contributed by atoms with Crippen LogP contribution in [0.15, 0.2) is 64.2 Å². The molecule has 0 saturated heterocycles. The fraction of sp³-hybridized carbons (Fsp3) is 0.185. The second-order valence-electron chi connectivity index (χ2n) is 7.64. The summed E-state index contributed by atoms with van der Waals surface area (Å²) in [6.45, 7) is -0.105. The molecule has 10 nitrogen and oxygen atoms in total. The molecule has 0 saturated carbocycles. The number of halogens is 1. The van der Waals surface area contributed by atoms with Crippen molar-refractivity contribution in [3.05, 3.63) is 81.3 Å². The molecule has 0 atom stereocenters. The van der Waals surface area contributed by atoms with E-state index in [1.54, 1.807) is 36.4 Å². The Labute approximate surface area is 228 Å². The summed E-state index contributed by atoms with van der Waals surface area (Å²) in [7, 11) is 4.47. The monoisotopic (exact) mass is 580 g/mol. The number of ether oxygens (including phenoxy) is 4. The molecule has 0 aliphatic carbocycles. The fourth-order valence-corrected chi connectivity index (χ4v) is 3.89. The van der Waals surface area contributed by atoms with Gasteiger partial charge in [-0.05, 0) is 57.9 Å². The Kier molecular flexibility index (Phi) is 10.1. The van der Waals surface area contributed by atoms with Gasteiger partial charge in [0.1, 0.15) is 6.61 Å². The van der Waals surface area contributed by atoms with E-state index in [0.29, 0.717) is 44.2 Å². The van der Waals surface area contributed by atoms with Gasteiger partial charge in [0.25, 0.3) is 11.8 Å². The summed E-state index contributed by atoms with van der Waals surface area (Å²) < 4.78 is 22.3. The molecule has 196 valence electrons. The van der Waals surface area contributed by atoms with E-state index in [9.17, 15) is 14.9 Å². The number of nitrogens with zero attached hydrogens (tertiary/aromatic N) is 2. The molecule has 3 aromatic rings. The molecule has 0 bridgehead atoms. The zero-order valence-electron chi connectivity index (χ0n) is 20.9. The average Bonchev–Trinajstić information content (AvgIpc) is 2.94. The van der Waals surface area contributed by atoms with Gasteiger partial charge in [-0.1, -0.05) is 18.2 Å². The second-order valence-corrected chi connectivity index (χ2v) is 8.49. The molecule has 2 amide bonds. The third kappa shape index (κ3) is 7.24. The molecule has 2 N–H and O–H groups in total. The zero-order chi connectivity index (χ0) is 27.5. The molecule has 0 aliphatic rings. The summed E-state index contributed by atoms with van der Waals surface area (Å²) in [6, 6.07) is 17.4. The standard InChI is InChI=1S/C27H25BrN4O6/c1-35-22-9-8-18(12-23(22)36-2)27(34)30-15-25(33)32-31-14-17-10-21(28)26(24(11-17)37-3)38-16-20-7-5-4-6-19(20)13-29/h4-12,14H,15-16H2,1-3H3,(H,30,34)(H,32,33)/b31-14+. The van der Waals surface area contributed by atoms with Gasteiger partial charge >= 0.3 is 0 Å². The number of hydrogen-bond acceptors (Lipinski definition) is 8. The van der Waals surface area contributed by atoms with Crippen molar-refractivity contribution >= 4 is 34.0 Å². The summed E-state index contributed by atoms with van der Waals surface area (Å²) in [5.41, 5.74) is 4.57. The lowest BCUT2D eigenvalue weighted by atomic mass is 10.1. The van der Waals surface area contributed by atoms with Crippen LogP contribution in [0.4, 0.5) is 0 Å². The highest BCUT2D eigenvalue weighted by molar-refractivity contribution is 9.10. The minimum atomic E-state index is -0.516. The third-order valence-electron chi connectivity index (χ3n) is 5.22. The van der Waals surface area contributed by atoms with Crippen LogP contribution in [-0.4, -0.2) is 45.9 Å². The van der Waals surface area contributed by atoms with Crippen LogP contribution in [0.2, 0.25) is 0 Å². The molecule has 3 rings (SSSR count). The van der Waals surface area contributed by atoms with Crippen LogP contribution in [-0.2, 0) is 11.4 Å². The van der Waals surface area contributed by atoms with Gasteiger partial charge in [0.05, 0.1) is 50.2 Å². The largest absolute Gasteiger partial charge is 0.493 e. The van der Waals surface area contributed by atoms with Crippen molar-refractivity contribution in [2.24, 2.45) is 5.10 Å². The number of methoxy groups -OCH3 is 3. The van der Waals surface area contributed by atoms with Crippen LogP contribution in [0.25, 0.3) is 0 Å². The van der Waals surface area contributed by atoms with Gasteiger partial charge in [0.15, 0.2) is 23.0 Å². The molecule has 0 fully saturated rings. The van der Waals surface area contributed by atoms with Crippen molar-refractivity contribution in [2.75, 3.05) is 27.9 Å². The Morgan fingerprint density at radius 1 is 1.00 bits per heavy atom. The zero-order valence-corrected chi connectivity index (χ0v) is 22.5. The van der Waals surface area contributed by atoms with Crippen LogP contribution in [0.5, 0.6) is 23.0 Å². The average molecular weight is 581 g/mol. The number of amides is 2. The summed E-state index contributed by atoms with van der Waals surface area (Å²) in [5, 5.41) is 15.7. The Morgan fingerprint density at radius 2 is 1.74 bits per heavy atom. The molecule has 0 aliphatic heterocycles. The van der Waals surface area contributed by atoms with E-state index < -0.39 is 11.8 Å². The highest BCUT2D eigenvalue weighted by Crippen LogP contribution is 2.37. The number of carbonyl (C=O) groups is 2. The molecule has 0 unspecified atom stereocenters. The van der Waals surface area contributed by atoms with E-state index >= 15 is 0 Å². The third-order valence-corrected chi connectivity index (χ3v) is 5.81. The van der Waals surface area contributed by atoms with E-state index in [1.807, 2.05) is 12.1 Å². The number of hydrogen-bond donors (Lipinski definition) is 2. The Bertz CT molecular complexity index is 1390. The minimum Gasteiger partial charge on any atom is -0.493 e. The molecule has 3 aromatic carbocycles. The van der Waals surface area contributed by atoms with E-state index in [2.05, 4.69) is 37.8 Å². The number of carbonyl (C=O) groups excluding carboxylic acids is 2. The van der Waals surface area contributed by atoms with Crippen molar-refractivity contribution in [3.8, 4) is 29.1 Å². The predicted molar refractivity (Wildman–Crippen MR) is 144 cm³/mol. The second kappa shape index (κ2) is 13.7. The molecule has 38 heavy (non-hydrogen) atoms. The maximum absolute atomic E-state index is 12.4. The molecule has 11 heteroatoms. The smallest absolute Gasteiger partial charge is 0.259 e. The Morgan fingerprint density at radius 3 is 2.45 bits per heavy atom. The van der Waals surface area contributed by atoms with E-state index in [-0.39, 0.29) is 13.2 Å². The predicted octanol–water partition coefficient (Wildman–Crippen LogP) is 3.81. The fourth-order valence-electron chi connectivity index (χ4n) is 3.32. The van der Waals surface area contributed by atoms with Crippen molar-refractivity contribution < 1.29 is 28.5 Å². The summed E-state index contributed by atoms with van der Waals surface area (Å²) in [6.07, 6.45) is 1.43. The van der Waals surface area contributed by atoms with Crippen molar-refractivity contribution in [2.45, 2.75) is 6.61 Å². The molecular formula is C27H25BrN4O6. The number of benzene rings is 3. The van der Waals surface area contributed by atoms with Crippen molar-refractivity contribution in [3.63, 3.8) is 0 Å². The number of nitriles is 1. The lowest BCUT2D eigenvalue weighted by Gasteiger charge is -2.14. The lowest BCUT2D eigenvalue weighted by molar-refractivity contribution is -0.120. The number of hydrazone groups is 1. The summed E-state index contributed by atoms with van der Waals surface area (Å²) >= 11 is 3.47. The van der Waals surface area contributed by atoms with Crippen molar-refractivity contribution in [1.82, 2.24) is 10.7 Å². The Balaban J connectivity index is 1.57. The van der Waals surface area contributed by atoms with Gasteiger partial charge in [-0.25, -0.2) is 5.43 Å². The molecule has 0 heterocycles. The lowest BCUT2D eigenvalue weighted by Crippen LogP contribution is -2.34. The van der Waals surface area contributed by atoms with E-state index in [0.717, 1.165) is 5.56 Å². The topological polar surface area (TPSA) is 131 Å². The SMILES string of the molecule is COc1ccc(C(=O)NCC(=O)N/N=C/c2cc(Br)c(OCc3ccccc3C#N)c(OC)c2)cc1OC. The first-order valence-electron chi connectivity index (χ1n) is 11.2. The first-order chi connectivity index (χ1) is 18.4. The van der Waals surface area contributed by atoms with Gasteiger partial charge in [-0.3, -0.25) is 9.59 Å². The van der Waals surface area contributed by atoms with E-state index in [1.165, 1.54) is 33.6 Å². The van der Waals surface area contributed by atoms with Gasteiger partial charge in [0.2, 0.25) is 0 Å². The van der Waals surface area contributed by atoms with Crippen LogP contribution in [0.3, 0.4) is 0 Å². The summed E-state index contributed by atoms with van der Waals surface area (Å²) in [5.74, 6) is 0.814. The quantitative estimate of drug-likeness (QED) is 0.260. The normalized spacial score (nSPS) is 10.4. The molecule has 0 radical (unpaired) electrons. The first-order valence-corrected chi connectivity index (χ1v) is 12.0. The maximum atomic E-state index is 12.4. The molecule has 0 aromatic heterocycles. The van der Waals surface area contributed by atoms with E-state index in [4.69, 9.17) is 18.9 Å². The molecular weight excluding hydrogens is 556 g/mol. The number of nitrogens with one attached hydrogen (secondary N) is 2. The van der Waals surface area contributed by atoms with Gasteiger partial charge in [-0.2, -0.15) is 10.4 Å². The van der Waals surface area contributed by atoms with Gasteiger partial charge in [0, 0.05) is 11.1 Å². The molecule has 0 spiro atoms. The van der Waals surface area contributed by atoms with Gasteiger partial charge < -0.3 is 24.3 Å². The van der Waals surface area contributed by atoms with Crippen LogP contribution in [0, 0.1) is 11.3 Å². The minimum absolute atomic E-state index is 0.178. The van der Waals surface area contributed by atoms with Crippen LogP contribution in [0.1, 0.15) is 27.0 Å². The summed E-state index contributed by atoms with van der Waals surface area (Å²) in [4.78, 5) is 24.5. The highest BCUT2D eigenvalue weighted by Gasteiger charge is 2.14.